The average Bonchev–Trinajstić information content (AvgIpc) is 2.81. The van der Waals surface area contributed by atoms with Gasteiger partial charge in [-0.2, -0.15) is 0 Å². The van der Waals surface area contributed by atoms with Gasteiger partial charge in [0.2, 0.25) is 5.91 Å². The van der Waals surface area contributed by atoms with E-state index in [0.717, 1.165) is 0 Å². The second-order valence-electron chi connectivity index (χ2n) is 4.79. The number of hydrogen-bond donors (Lipinski definition) is 1. The number of aliphatic carboxylic acids is 1. The summed E-state index contributed by atoms with van der Waals surface area (Å²) in [5, 5.41) is 8.89. The molecule has 3 amide bonds. The van der Waals surface area contributed by atoms with Crippen molar-refractivity contribution in [1.82, 2.24) is 14.7 Å². The summed E-state index contributed by atoms with van der Waals surface area (Å²) in [6.45, 7) is 1.82. The summed E-state index contributed by atoms with van der Waals surface area (Å²) in [6.07, 6.45) is 0.489. The Kier molecular flexibility index (Phi) is 3.40. The van der Waals surface area contributed by atoms with E-state index < -0.39 is 11.9 Å². The second kappa shape index (κ2) is 4.83. The Balaban J connectivity index is 1.92. The minimum atomic E-state index is -0.861. The molecule has 2 aliphatic rings. The third-order valence-electron chi connectivity index (χ3n) is 3.54. The Morgan fingerprint density at radius 2 is 1.94 bits per heavy atom. The van der Waals surface area contributed by atoms with Crippen LogP contribution in [-0.2, 0) is 9.59 Å². The van der Waals surface area contributed by atoms with Gasteiger partial charge >= 0.3 is 12.0 Å². The van der Waals surface area contributed by atoms with E-state index in [2.05, 4.69) is 0 Å². The first kappa shape index (κ1) is 12.7. The van der Waals surface area contributed by atoms with Gasteiger partial charge in [-0.05, 0) is 6.42 Å². The summed E-state index contributed by atoms with van der Waals surface area (Å²) < 4.78 is 0. The molecule has 2 rings (SSSR count). The Morgan fingerprint density at radius 1 is 1.22 bits per heavy atom. The minimum Gasteiger partial charge on any atom is -0.481 e. The van der Waals surface area contributed by atoms with Crippen molar-refractivity contribution in [3.63, 3.8) is 0 Å². The van der Waals surface area contributed by atoms with Gasteiger partial charge in [-0.15, -0.1) is 0 Å². The van der Waals surface area contributed by atoms with Crippen molar-refractivity contribution < 1.29 is 19.5 Å². The molecule has 0 aromatic rings. The van der Waals surface area contributed by atoms with Crippen LogP contribution in [0.4, 0.5) is 4.79 Å². The maximum absolute atomic E-state index is 12.1. The molecule has 0 bridgehead atoms. The smallest absolute Gasteiger partial charge is 0.320 e. The van der Waals surface area contributed by atoms with Crippen molar-refractivity contribution in [2.75, 3.05) is 39.8 Å². The number of carbonyl (C=O) groups is 3. The third kappa shape index (κ3) is 2.39. The molecular weight excluding hydrogens is 238 g/mol. The minimum absolute atomic E-state index is 0.0800. The molecule has 0 aromatic heterocycles. The Morgan fingerprint density at radius 3 is 2.50 bits per heavy atom. The van der Waals surface area contributed by atoms with Gasteiger partial charge in [-0.25, -0.2) is 4.79 Å². The number of amides is 3. The highest BCUT2D eigenvalue weighted by atomic mass is 16.4. The molecule has 7 heteroatoms. The lowest BCUT2D eigenvalue weighted by Gasteiger charge is -2.34. The molecular formula is C11H17N3O4. The van der Waals surface area contributed by atoms with Crippen LogP contribution < -0.4 is 0 Å². The topological polar surface area (TPSA) is 81.2 Å². The van der Waals surface area contributed by atoms with Crippen LogP contribution in [0.5, 0.6) is 0 Å². The van der Waals surface area contributed by atoms with E-state index in [9.17, 15) is 14.4 Å². The molecule has 1 unspecified atom stereocenters. The van der Waals surface area contributed by atoms with Crippen molar-refractivity contribution in [2.24, 2.45) is 5.92 Å². The van der Waals surface area contributed by atoms with Crippen LogP contribution in [0, 0.1) is 5.92 Å². The molecule has 0 radical (unpaired) electrons. The summed E-state index contributed by atoms with van der Waals surface area (Å²) in [5.74, 6) is -1.42. The maximum atomic E-state index is 12.1. The normalized spacial score (nSPS) is 24.6. The van der Waals surface area contributed by atoms with Gasteiger partial charge < -0.3 is 19.8 Å². The van der Waals surface area contributed by atoms with E-state index >= 15 is 0 Å². The molecule has 0 aromatic carbocycles. The van der Waals surface area contributed by atoms with Crippen LogP contribution in [-0.4, -0.2) is 77.5 Å². The largest absolute Gasteiger partial charge is 0.481 e. The van der Waals surface area contributed by atoms with Crippen LogP contribution >= 0.6 is 0 Å². The van der Waals surface area contributed by atoms with Crippen LogP contribution in [0.15, 0.2) is 0 Å². The average molecular weight is 255 g/mol. The summed E-state index contributed by atoms with van der Waals surface area (Å²) in [5.41, 5.74) is 0. The van der Waals surface area contributed by atoms with Gasteiger partial charge in [0, 0.05) is 33.2 Å². The number of rotatable bonds is 1. The molecule has 1 N–H and O–H groups in total. The fourth-order valence-corrected chi connectivity index (χ4v) is 2.26. The van der Waals surface area contributed by atoms with Crippen molar-refractivity contribution in [2.45, 2.75) is 6.42 Å². The standard InChI is InChI=1S/C11H17N3O4/c1-12-4-5-14(7-9(12)15)11(18)13-3-2-8(6-13)10(16)17/h8H,2-7H2,1H3,(H,16,17). The first-order valence-electron chi connectivity index (χ1n) is 5.99. The monoisotopic (exact) mass is 255 g/mol. The summed E-state index contributed by atoms with van der Waals surface area (Å²) in [4.78, 5) is 39.1. The maximum Gasteiger partial charge on any atom is 0.320 e. The lowest BCUT2D eigenvalue weighted by Crippen LogP contribution is -2.54. The van der Waals surface area contributed by atoms with Crippen LogP contribution in [0.3, 0.4) is 0 Å². The van der Waals surface area contributed by atoms with Crippen molar-refractivity contribution >= 4 is 17.9 Å². The predicted octanol–water partition coefficient (Wildman–Crippen LogP) is -0.713. The predicted molar refractivity (Wildman–Crippen MR) is 61.9 cm³/mol. The van der Waals surface area contributed by atoms with E-state index in [1.165, 1.54) is 9.80 Å². The molecule has 2 fully saturated rings. The third-order valence-corrected chi connectivity index (χ3v) is 3.54. The molecule has 2 heterocycles. The van der Waals surface area contributed by atoms with Gasteiger partial charge in [-0.3, -0.25) is 9.59 Å². The lowest BCUT2D eigenvalue weighted by molar-refractivity contribution is -0.141. The number of carboxylic acid groups (broad SMARTS) is 1. The molecule has 0 aliphatic carbocycles. The van der Waals surface area contributed by atoms with Crippen LogP contribution in [0.1, 0.15) is 6.42 Å². The van der Waals surface area contributed by atoms with E-state index in [1.54, 1.807) is 11.9 Å². The van der Waals surface area contributed by atoms with Crippen molar-refractivity contribution in [1.29, 1.82) is 0 Å². The highest BCUT2D eigenvalue weighted by molar-refractivity contribution is 5.85. The molecule has 0 spiro atoms. The zero-order valence-corrected chi connectivity index (χ0v) is 10.3. The highest BCUT2D eigenvalue weighted by Gasteiger charge is 2.34. The van der Waals surface area contributed by atoms with Gasteiger partial charge in [-0.1, -0.05) is 0 Å². The van der Waals surface area contributed by atoms with Gasteiger partial charge in [0.05, 0.1) is 5.92 Å². The van der Waals surface area contributed by atoms with Gasteiger partial charge in [0.15, 0.2) is 0 Å². The fourth-order valence-electron chi connectivity index (χ4n) is 2.26. The van der Waals surface area contributed by atoms with E-state index in [1.807, 2.05) is 0 Å². The molecule has 100 valence electrons. The number of piperazine rings is 1. The summed E-state index contributed by atoms with van der Waals surface area (Å²) in [7, 11) is 1.71. The lowest BCUT2D eigenvalue weighted by atomic mass is 10.1. The Hall–Kier alpha value is -1.79. The first-order chi connectivity index (χ1) is 8.49. The molecule has 7 nitrogen and oxygen atoms in total. The summed E-state index contributed by atoms with van der Waals surface area (Å²) >= 11 is 0. The number of likely N-dealkylation sites (N-methyl/N-ethyl adjacent to an activating group) is 1. The Labute approximate surface area is 105 Å². The van der Waals surface area contributed by atoms with Gasteiger partial charge in [0.1, 0.15) is 6.54 Å². The number of hydrogen-bond acceptors (Lipinski definition) is 3. The first-order valence-corrected chi connectivity index (χ1v) is 5.99. The number of nitrogens with zero attached hydrogens (tertiary/aromatic N) is 3. The number of carbonyl (C=O) groups excluding carboxylic acids is 2. The second-order valence-corrected chi connectivity index (χ2v) is 4.79. The van der Waals surface area contributed by atoms with Crippen molar-refractivity contribution in [3.05, 3.63) is 0 Å². The van der Waals surface area contributed by atoms with Crippen LogP contribution in [0.2, 0.25) is 0 Å². The van der Waals surface area contributed by atoms with Crippen molar-refractivity contribution in [3.8, 4) is 0 Å². The number of likely N-dealkylation sites (tertiary alicyclic amines) is 1. The zero-order valence-electron chi connectivity index (χ0n) is 10.3. The molecule has 1 atom stereocenters. The molecule has 2 aliphatic heterocycles. The van der Waals surface area contributed by atoms with Gasteiger partial charge in [0.25, 0.3) is 0 Å². The zero-order chi connectivity index (χ0) is 13.3. The molecule has 2 saturated heterocycles. The molecule has 18 heavy (non-hydrogen) atoms. The van der Waals surface area contributed by atoms with Crippen LogP contribution in [0.25, 0.3) is 0 Å². The number of urea groups is 1. The summed E-state index contributed by atoms with van der Waals surface area (Å²) in [6, 6.07) is -0.222. The molecule has 0 saturated carbocycles. The van der Waals surface area contributed by atoms with E-state index in [4.69, 9.17) is 5.11 Å². The van der Waals surface area contributed by atoms with E-state index in [0.29, 0.717) is 26.1 Å². The highest BCUT2D eigenvalue weighted by Crippen LogP contribution is 2.18. The fraction of sp³-hybridized carbons (Fsp3) is 0.727. The quantitative estimate of drug-likeness (QED) is 0.671. The number of carboxylic acids is 1. The van der Waals surface area contributed by atoms with E-state index in [-0.39, 0.29) is 25.0 Å². The SMILES string of the molecule is CN1CCN(C(=O)N2CCC(C(=O)O)C2)CC1=O. The Bertz CT molecular complexity index is 384.